The van der Waals surface area contributed by atoms with Crippen LogP contribution in [0.2, 0.25) is 0 Å². The van der Waals surface area contributed by atoms with Crippen LogP contribution in [0.25, 0.3) is 22.6 Å². The Morgan fingerprint density at radius 1 is 1.05 bits per heavy atom. The maximum absolute atomic E-state index is 10.8. The number of carbonyl (C=O) groups excluding carboxylic acids is 1. The summed E-state index contributed by atoms with van der Waals surface area (Å²) in [5.74, 6) is 0.588. The van der Waals surface area contributed by atoms with Crippen molar-refractivity contribution in [2.75, 3.05) is 0 Å². The average Bonchev–Trinajstić information content (AvgIpc) is 2.80. The van der Waals surface area contributed by atoms with Gasteiger partial charge in [-0.15, -0.1) is 0 Å². The van der Waals surface area contributed by atoms with Gasteiger partial charge in [0.25, 0.3) is 0 Å². The lowest BCUT2D eigenvalue weighted by atomic mass is 10.1. The summed E-state index contributed by atoms with van der Waals surface area (Å²) < 4.78 is 5.74. The minimum absolute atomic E-state index is 0.588. The minimum atomic E-state index is 0.588. The Balaban J connectivity index is 2.17. The van der Waals surface area contributed by atoms with Crippen molar-refractivity contribution in [1.82, 2.24) is 4.98 Å². The molecule has 0 aliphatic heterocycles. The molecular formula is C16H13NO2. The van der Waals surface area contributed by atoms with Crippen LogP contribution in [0.5, 0.6) is 0 Å². The maximum atomic E-state index is 10.8. The number of aldehydes is 1. The molecule has 0 spiro atoms. The van der Waals surface area contributed by atoms with Crippen LogP contribution >= 0.6 is 0 Å². The van der Waals surface area contributed by atoms with E-state index in [1.165, 1.54) is 11.1 Å². The lowest BCUT2D eigenvalue weighted by Gasteiger charge is -2.00. The second kappa shape index (κ2) is 4.35. The van der Waals surface area contributed by atoms with Gasteiger partial charge in [-0.05, 0) is 44.2 Å². The highest BCUT2D eigenvalue weighted by Gasteiger charge is 2.09. The van der Waals surface area contributed by atoms with E-state index in [-0.39, 0.29) is 0 Å². The van der Waals surface area contributed by atoms with Crippen LogP contribution in [0, 0.1) is 13.8 Å². The number of oxazole rings is 1. The van der Waals surface area contributed by atoms with Gasteiger partial charge in [-0.2, -0.15) is 0 Å². The molecule has 0 bridgehead atoms. The standard InChI is InChI=1S/C16H13NO2/c1-10-5-11(2)7-13(6-10)16-17-14-4-3-12(9-18)8-15(14)19-16/h3-9H,1-2H3. The number of hydrogen-bond acceptors (Lipinski definition) is 3. The molecule has 3 nitrogen and oxygen atoms in total. The van der Waals surface area contributed by atoms with Gasteiger partial charge < -0.3 is 4.42 Å². The van der Waals surface area contributed by atoms with Gasteiger partial charge in [0.2, 0.25) is 5.89 Å². The second-order valence-electron chi connectivity index (χ2n) is 4.74. The Morgan fingerprint density at radius 2 is 1.79 bits per heavy atom. The molecule has 3 aromatic rings. The Bertz CT molecular complexity index is 751. The summed E-state index contributed by atoms with van der Waals surface area (Å²) in [7, 11) is 0. The summed E-state index contributed by atoms with van der Waals surface area (Å²) in [5, 5.41) is 0. The van der Waals surface area contributed by atoms with Crippen molar-refractivity contribution in [3.05, 3.63) is 53.1 Å². The topological polar surface area (TPSA) is 43.1 Å². The molecular weight excluding hydrogens is 238 g/mol. The first-order valence-corrected chi connectivity index (χ1v) is 6.10. The predicted octanol–water partition coefficient (Wildman–Crippen LogP) is 3.92. The van der Waals surface area contributed by atoms with Gasteiger partial charge >= 0.3 is 0 Å². The molecule has 0 radical (unpaired) electrons. The first-order valence-electron chi connectivity index (χ1n) is 6.10. The van der Waals surface area contributed by atoms with E-state index in [1.807, 2.05) is 26.0 Å². The van der Waals surface area contributed by atoms with Gasteiger partial charge in [0.05, 0.1) is 0 Å². The van der Waals surface area contributed by atoms with Crippen molar-refractivity contribution < 1.29 is 9.21 Å². The molecule has 0 saturated carbocycles. The van der Waals surface area contributed by atoms with Crippen LogP contribution in [0.1, 0.15) is 21.5 Å². The third kappa shape index (κ3) is 2.15. The van der Waals surface area contributed by atoms with Crippen molar-refractivity contribution in [1.29, 1.82) is 0 Å². The summed E-state index contributed by atoms with van der Waals surface area (Å²) >= 11 is 0. The van der Waals surface area contributed by atoms with E-state index >= 15 is 0 Å². The summed E-state index contributed by atoms with van der Waals surface area (Å²) in [4.78, 5) is 15.2. The quantitative estimate of drug-likeness (QED) is 0.648. The number of carbonyl (C=O) groups is 1. The SMILES string of the molecule is Cc1cc(C)cc(-c2nc3ccc(C=O)cc3o2)c1. The highest BCUT2D eigenvalue weighted by molar-refractivity contribution is 5.84. The maximum Gasteiger partial charge on any atom is 0.227 e. The minimum Gasteiger partial charge on any atom is -0.436 e. The van der Waals surface area contributed by atoms with Gasteiger partial charge in [-0.1, -0.05) is 17.2 Å². The van der Waals surface area contributed by atoms with E-state index in [2.05, 4.69) is 11.1 Å². The van der Waals surface area contributed by atoms with Gasteiger partial charge in [0, 0.05) is 11.1 Å². The number of aryl methyl sites for hydroxylation is 2. The van der Waals surface area contributed by atoms with Gasteiger partial charge in [0.1, 0.15) is 11.8 Å². The monoisotopic (exact) mass is 251 g/mol. The molecule has 0 fully saturated rings. The number of benzene rings is 2. The molecule has 0 saturated heterocycles. The van der Waals surface area contributed by atoms with Crippen LogP contribution in [0.3, 0.4) is 0 Å². The van der Waals surface area contributed by atoms with E-state index < -0.39 is 0 Å². The number of aromatic nitrogens is 1. The number of hydrogen-bond donors (Lipinski definition) is 0. The number of rotatable bonds is 2. The zero-order valence-electron chi connectivity index (χ0n) is 10.8. The highest BCUT2D eigenvalue weighted by atomic mass is 16.3. The fourth-order valence-corrected chi connectivity index (χ4v) is 2.24. The number of nitrogens with zero attached hydrogens (tertiary/aromatic N) is 1. The molecule has 0 aliphatic carbocycles. The van der Waals surface area contributed by atoms with E-state index in [1.54, 1.807) is 18.2 Å². The first kappa shape index (κ1) is 11.7. The lowest BCUT2D eigenvalue weighted by Crippen LogP contribution is -1.82. The molecule has 3 rings (SSSR count). The molecule has 1 aromatic heterocycles. The molecule has 94 valence electrons. The third-order valence-corrected chi connectivity index (χ3v) is 3.02. The third-order valence-electron chi connectivity index (χ3n) is 3.02. The highest BCUT2D eigenvalue weighted by Crippen LogP contribution is 2.26. The van der Waals surface area contributed by atoms with Crippen molar-refractivity contribution >= 4 is 17.4 Å². The lowest BCUT2D eigenvalue weighted by molar-refractivity contribution is 0.112. The zero-order chi connectivity index (χ0) is 13.4. The largest absolute Gasteiger partial charge is 0.436 e. The van der Waals surface area contributed by atoms with Crippen LogP contribution in [-0.4, -0.2) is 11.3 Å². The zero-order valence-corrected chi connectivity index (χ0v) is 10.8. The summed E-state index contributed by atoms with van der Waals surface area (Å²) in [5.41, 5.74) is 5.30. The Hall–Kier alpha value is -2.42. The average molecular weight is 251 g/mol. The van der Waals surface area contributed by atoms with E-state index in [0.29, 0.717) is 17.0 Å². The van der Waals surface area contributed by atoms with Crippen LogP contribution < -0.4 is 0 Å². The fraction of sp³-hybridized carbons (Fsp3) is 0.125. The molecule has 3 heteroatoms. The molecule has 1 heterocycles. The molecule has 2 aromatic carbocycles. The normalized spacial score (nSPS) is 10.8. The van der Waals surface area contributed by atoms with Crippen LogP contribution in [0.15, 0.2) is 40.8 Å². The smallest absolute Gasteiger partial charge is 0.227 e. The summed E-state index contributed by atoms with van der Waals surface area (Å²) in [6, 6.07) is 11.4. The number of fused-ring (bicyclic) bond motifs is 1. The summed E-state index contributed by atoms with van der Waals surface area (Å²) in [6.07, 6.45) is 0.804. The van der Waals surface area contributed by atoms with Crippen LogP contribution in [-0.2, 0) is 0 Å². The second-order valence-corrected chi connectivity index (χ2v) is 4.74. The van der Waals surface area contributed by atoms with Gasteiger partial charge in [-0.3, -0.25) is 4.79 Å². The van der Waals surface area contributed by atoms with Crippen molar-refractivity contribution in [2.45, 2.75) is 13.8 Å². The molecule has 0 N–H and O–H groups in total. The molecule has 0 atom stereocenters. The first-order chi connectivity index (χ1) is 9.15. The van der Waals surface area contributed by atoms with Gasteiger partial charge in [0.15, 0.2) is 5.58 Å². The molecule has 19 heavy (non-hydrogen) atoms. The van der Waals surface area contributed by atoms with E-state index in [4.69, 9.17) is 4.42 Å². The van der Waals surface area contributed by atoms with E-state index in [0.717, 1.165) is 17.4 Å². The fourth-order valence-electron chi connectivity index (χ4n) is 2.24. The molecule has 0 aliphatic rings. The van der Waals surface area contributed by atoms with Gasteiger partial charge in [-0.25, -0.2) is 4.98 Å². The van der Waals surface area contributed by atoms with Crippen molar-refractivity contribution in [3.63, 3.8) is 0 Å². The Labute approximate surface area is 110 Å². The summed E-state index contributed by atoms with van der Waals surface area (Å²) in [6.45, 7) is 4.09. The van der Waals surface area contributed by atoms with E-state index in [9.17, 15) is 4.79 Å². The Kier molecular flexibility index (Phi) is 2.67. The Morgan fingerprint density at radius 3 is 2.47 bits per heavy atom. The predicted molar refractivity (Wildman–Crippen MR) is 74.3 cm³/mol. The van der Waals surface area contributed by atoms with Crippen LogP contribution in [0.4, 0.5) is 0 Å². The van der Waals surface area contributed by atoms with Crippen molar-refractivity contribution in [2.24, 2.45) is 0 Å². The molecule has 0 amide bonds. The molecule has 0 unspecified atom stereocenters. The van der Waals surface area contributed by atoms with Crippen molar-refractivity contribution in [3.8, 4) is 11.5 Å².